The number of nitrogens with one attached hydrogen (secondary N) is 1. The van der Waals surface area contributed by atoms with Gasteiger partial charge in [-0.15, -0.1) is 0 Å². The first-order chi connectivity index (χ1) is 7.18. The number of benzene rings is 1. The Morgan fingerprint density at radius 1 is 1.40 bits per heavy atom. The number of anilines is 1. The molecule has 1 aromatic carbocycles. The van der Waals surface area contributed by atoms with E-state index in [9.17, 15) is 0 Å². The number of hydrogen-bond acceptors (Lipinski definition) is 2. The molecule has 0 aromatic heterocycles. The van der Waals surface area contributed by atoms with Gasteiger partial charge in [0.05, 0.1) is 10.7 Å². The minimum Gasteiger partial charge on any atom is -0.365 e. The maximum Gasteiger partial charge on any atom is 0.0640 e. The fraction of sp³-hybridized carbons (Fsp3) is 0.455. The molecule has 15 heavy (non-hydrogen) atoms. The largest absolute Gasteiger partial charge is 0.365 e. The molecule has 0 saturated carbocycles. The summed E-state index contributed by atoms with van der Waals surface area (Å²) in [6, 6.07) is 6.06. The lowest BCUT2D eigenvalue weighted by atomic mass is 10.2. The van der Waals surface area contributed by atoms with Crippen molar-refractivity contribution >= 4 is 28.9 Å². The molecule has 0 bridgehead atoms. The summed E-state index contributed by atoms with van der Waals surface area (Å²) in [6.07, 6.45) is 0. The third kappa shape index (κ3) is 2.39. The van der Waals surface area contributed by atoms with Gasteiger partial charge in [0.15, 0.2) is 0 Å². The highest BCUT2D eigenvalue weighted by Gasteiger charge is 2.20. The highest BCUT2D eigenvalue weighted by atomic mass is 35.5. The molecule has 1 aromatic rings. The molecule has 4 heteroatoms. The number of piperazine rings is 1. The fourth-order valence-electron chi connectivity index (χ4n) is 1.90. The number of rotatable bonds is 1. The van der Waals surface area contributed by atoms with Gasteiger partial charge in [0.2, 0.25) is 0 Å². The molecule has 1 heterocycles. The summed E-state index contributed by atoms with van der Waals surface area (Å²) in [5.74, 6) is 0. The molecule has 1 aliphatic rings. The zero-order chi connectivity index (χ0) is 10.8. The lowest BCUT2D eigenvalue weighted by molar-refractivity contribution is 0.501. The Kier molecular flexibility index (Phi) is 3.39. The van der Waals surface area contributed by atoms with Crippen LogP contribution in [0.15, 0.2) is 18.2 Å². The second kappa shape index (κ2) is 4.60. The van der Waals surface area contributed by atoms with Crippen molar-refractivity contribution in [2.45, 2.75) is 13.0 Å². The molecule has 2 rings (SSSR count). The number of nitrogens with zero attached hydrogens (tertiary/aromatic N) is 1. The second-order valence-corrected chi connectivity index (χ2v) is 4.69. The van der Waals surface area contributed by atoms with Gasteiger partial charge in [-0.3, -0.25) is 0 Å². The van der Waals surface area contributed by atoms with Crippen molar-refractivity contribution in [2.24, 2.45) is 0 Å². The van der Waals surface area contributed by atoms with Gasteiger partial charge in [-0.1, -0.05) is 23.2 Å². The van der Waals surface area contributed by atoms with Crippen LogP contribution in [0.2, 0.25) is 10.0 Å². The Bertz CT molecular complexity index is 354. The van der Waals surface area contributed by atoms with Gasteiger partial charge in [0.25, 0.3) is 0 Å². The molecule has 0 amide bonds. The number of hydrogen-bond donors (Lipinski definition) is 1. The lowest BCUT2D eigenvalue weighted by Crippen LogP contribution is -2.50. The molecule has 1 saturated heterocycles. The summed E-state index contributed by atoms with van der Waals surface area (Å²) in [6.45, 7) is 5.14. The first-order valence-corrected chi connectivity index (χ1v) is 5.86. The van der Waals surface area contributed by atoms with Crippen LogP contribution in [-0.2, 0) is 0 Å². The smallest absolute Gasteiger partial charge is 0.0640 e. The molecule has 1 atom stereocenters. The second-order valence-electron chi connectivity index (χ2n) is 3.84. The Labute approximate surface area is 100 Å². The van der Waals surface area contributed by atoms with E-state index in [1.807, 2.05) is 18.2 Å². The van der Waals surface area contributed by atoms with E-state index in [4.69, 9.17) is 23.2 Å². The van der Waals surface area contributed by atoms with Gasteiger partial charge in [0, 0.05) is 30.7 Å². The van der Waals surface area contributed by atoms with E-state index in [1.54, 1.807) is 0 Å². The molecule has 0 unspecified atom stereocenters. The maximum absolute atomic E-state index is 6.17. The van der Waals surface area contributed by atoms with Gasteiger partial charge in [-0.25, -0.2) is 0 Å². The Hall–Kier alpha value is -0.440. The van der Waals surface area contributed by atoms with Crippen LogP contribution in [-0.4, -0.2) is 25.7 Å². The summed E-state index contributed by atoms with van der Waals surface area (Å²) in [4.78, 5) is 2.30. The molecule has 82 valence electrons. The monoisotopic (exact) mass is 244 g/mol. The summed E-state index contributed by atoms with van der Waals surface area (Å²) in [5, 5.41) is 4.86. The molecule has 2 nitrogen and oxygen atoms in total. The average Bonchev–Trinajstić information content (AvgIpc) is 2.23. The Morgan fingerprint density at radius 3 is 2.93 bits per heavy atom. The predicted octanol–water partition coefficient (Wildman–Crippen LogP) is 2.79. The molecule has 0 radical (unpaired) electrons. The first-order valence-electron chi connectivity index (χ1n) is 5.11. The normalized spacial score (nSPS) is 21.8. The van der Waals surface area contributed by atoms with Crippen molar-refractivity contribution in [3.63, 3.8) is 0 Å². The topological polar surface area (TPSA) is 15.3 Å². The molecule has 1 N–H and O–H groups in total. The fourth-order valence-corrected chi connectivity index (χ4v) is 2.30. The standard InChI is InChI=1S/C11H14Cl2N2/c1-8-7-14-4-5-15(8)11-6-9(12)2-3-10(11)13/h2-3,6,8,14H,4-5,7H2,1H3/t8-/m1/s1. The third-order valence-corrected chi connectivity index (χ3v) is 3.27. The lowest BCUT2D eigenvalue weighted by Gasteiger charge is -2.36. The van der Waals surface area contributed by atoms with Gasteiger partial charge in [0.1, 0.15) is 0 Å². The molecule has 1 fully saturated rings. The Balaban J connectivity index is 2.30. The van der Waals surface area contributed by atoms with Gasteiger partial charge in [-0.05, 0) is 25.1 Å². The summed E-state index contributed by atoms with van der Waals surface area (Å²) < 4.78 is 0. The van der Waals surface area contributed by atoms with Crippen LogP contribution >= 0.6 is 23.2 Å². The van der Waals surface area contributed by atoms with Crippen LogP contribution in [0, 0.1) is 0 Å². The highest BCUT2D eigenvalue weighted by molar-refractivity contribution is 6.35. The van der Waals surface area contributed by atoms with E-state index in [2.05, 4.69) is 17.1 Å². The summed E-state index contributed by atoms with van der Waals surface area (Å²) in [7, 11) is 0. The van der Waals surface area contributed by atoms with Crippen molar-refractivity contribution in [1.29, 1.82) is 0 Å². The first kappa shape index (κ1) is 11.1. The zero-order valence-electron chi connectivity index (χ0n) is 8.63. The van der Waals surface area contributed by atoms with E-state index in [0.717, 1.165) is 35.4 Å². The maximum atomic E-state index is 6.17. The van der Waals surface area contributed by atoms with E-state index < -0.39 is 0 Å². The summed E-state index contributed by atoms with van der Waals surface area (Å²) in [5.41, 5.74) is 1.04. The van der Waals surface area contributed by atoms with Crippen molar-refractivity contribution in [2.75, 3.05) is 24.5 Å². The van der Waals surface area contributed by atoms with Crippen LogP contribution in [0.25, 0.3) is 0 Å². The molecule has 1 aliphatic heterocycles. The van der Waals surface area contributed by atoms with Crippen LogP contribution in [0.1, 0.15) is 6.92 Å². The van der Waals surface area contributed by atoms with Crippen LogP contribution < -0.4 is 10.2 Å². The minimum atomic E-state index is 0.453. The van der Waals surface area contributed by atoms with Crippen LogP contribution in [0.3, 0.4) is 0 Å². The van der Waals surface area contributed by atoms with Crippen molar-refractivity contribution in [1.82, 2.24) is 5.32 Å². The van der Waals surface area contributed by atoms with Crippen LogP contribution in [0.5, 0.6) is 0 Å². The van der Waals surface area contributed by atoms with Crippen molar-refractivity contribution in [3.8, 4) is 0 Å². The zero-order valence-corrected chi connectivity index (χ0v) is 10.1. The van der Waals surface area contributed by atoms with Gasteiger partial charge >= 0.3 is 0 Å². The third-order valence-electron chi connectivity index (χ3n) is 2.72. The van der Waals surface area contributed by atoms with Gasteiger partial charge < -0.3 is 10.2 Å². The summed E-state index contributed by atoms with van der Waals surface area (Å²) >= 11 is 12.2. The van der Waals surface area contributed by atoms with Gasteiger partial charge in [-0.2, -0.15) is 0 Å². The molecule has 0 spiro atoms. The molecule has 0 aliphatic carbocycles. The van der Waals surface area contributed by atoms with Crippen molar-refractivity contribution < 1.29 is 0 Å². The predicted molar refractivity (Wildman–Crippen MR) is 66.1 cm³/mol. The minimum absolute atomic E-state index is 0.453. The highest BCUT2D eigenvalue weighted by Crippen LogP contribution is 2.30. The van der Waals surface area contributed by atoms with Crippen LogP contribution in [0.4, 0.5) is 5.69 Å². The molecular weight excluding hydrogens is 231 g/mol. The quantitative estimate of drug-likeness (QED) is 0.818. The number of halogens is 2. The molecular formula is C11H14Cl2N2. The van der Waals surface area contributed by atoms with E-state index >= 15 is 0 Å². The van der Waals surface area contributed by atoms with Crippen molar-refractivity contribution in [3.05, 3.63) is 28.2 Å². The van der Waals surface area contributed by atoms with E-state index in [0.29, 0.717) is 6.04 Å². The SMILES string of the molecule is C[C@@H]1CNCCN1c1cc(Cl)ccc1Cl. The Morgan fingerprint density at radius 2 is 2.20 bits per heavy atom. The average molecular weight is 245 g/mol. The van der Waals surface area contributed by atoms with E-state index in [-0.39, 0.29) is 0 Å². The van der Waals surface area contributed by atoms with E-state index in [1.165, 1.54) is 0 Å².